The molecule has 200 valence electrons. The highest BCUT2D eigenvalue weighted by atomic mass is 35.5. The summed E-state index contributed by atoms with van der Waals surface area (Å²) in [7, 11) is 0. The molecule has 0 bridgehead atoms. The summed E-state index contributed by atoms with van der Waals surface area (Å²) in [6.07, 6.45) is 6.73. The zero-order valence-electron chi connectivity index (χ0n) is 22.0. The van der Waals surface area contributed by atoms with E-state index >= 15 is 0 Å². The van der Waals surface area contributed by atoms with Gasteiger partial charge < -0.3 is 14.7 Å². The molecule has 1 unspecified atom stereocenters. The number of nitrogens with one attached hydrogen (secondary N) is 1. The fourth-order valence-corrected chi connectivity index (χ4v) is 4.67. The molecular formula is C28H36ClFN4O2S. The van der Waals surface area contributed by atoms with Crippen molar-refractivity contribution in [2.45, 2.75) is 70.7 Å². The smallest absolute Gasteiger partial charge is 0.257 e. The summed E-state index contributed by atoms with van der Waals surface area (Å²) >= 11 is 7.47. The van der Waals surface area contributed by atoms with Gasteiger partial charge >= 0.3 is 0 Å². The summed E-state index contributed by atoms with van der Waals surface area (Å²) in [5, 5.41) is 2.07. The van der Waals surface area contributed by atoms with E-state index in [-0.39, 0.29) is 23.4 Å². The number of hydrogen-bond acceptors (Lipinski definition) is 5. The van der Waals surface area contributed by atoms with Crippen molar-refractivity contribution >= 4 is 40.2 Å². The number of rotatable bonds is 6. The van der Waals surface area contributed by atoms with Crippen molar-refractivity contribution in [1.29, 1.82) is 0 Å². The van der Waals surface area contributed by atoms with Gasteiger partial charge in [-0.15, -0.1) is 0 Å². The number of fused-ring (bicyclic) bond motifs is 1. The standard InChI is InChI=1S/C12H13ClN4O.C12H15FS.C4H8O/c13-11-8(2-1-4-14-11)12(18)17-5-3-9-10(6-17)16-7-15-9;1-4-9(3)12-10(13)7-6-8-11(12)14-5-2;1-3-4(2)5/h2,7H,1,3-6H2,(H,15,16);5-9H,2,4H2,1,3H3;3H2,1-2H3. The highest BCUT2D eigenvalue weighted by molar-refractivity contribution is 8.02. The van der Waals surface area contributed by atoms with Crippen LogP contribution in [0.3, 0.4) is 0 Å². The molecular weight excluding hydrogens is 511 g/mol. The van der Waals surface area contributed by atoms with E-state index in [1.165, 1.54) is 17.8 Å². The number of imidazole rings is 1. The predicted molar refractivity (Wildman–Crippen MR) is 151 cm³/mol. The number of aliphatic imine (C=N–C) groups is 1. The van der Waals surface area contributed by atoms with Gasteiger partial charge in [-0.2, -0.15) is 0 Å². The Hall–Kier alpha value is -2.71. The van der Waals surface area contributed by atoms with Gasteiger partial charge in [0.2, 0.25) is 0 Å². The Morgan fingerprint density at radius 2 is 2.08 bits per heavy atom. The first-order valence-corrected chi connectivity index (χ1v) is 13.7. The third kappa shape index (κ3) is 8.97. The fourth-order valence-electron chi connectivity index (χ4n) is 3.66. The van der Waals surface area contributed by atoms with Crippen molar-refractivity contribution in [3.63, 3.8) is 0 Å². The molecule has 1 atom stereocenters. The molecule has 9 heteroatoms. The summed E-state index contributed by atoms with van der Waals surface area (Å²) in [6.45, 7) is 13.1. The molecule has 0 fully saturated rings. The Bertz CT molecular complexity index is 1140. The summed E-state index contributed by atoms with van der Waals surface area (Å²) in [4.78, 5) is 36.3. The number of aromatic nitrogens is 2. The van der Waals surface area contributed by atoms with Crippen LogP contribution in [0.2, 0.25) is 0 Å². The zero-order chi connectivity index (χ0) is 27.4. The number of halogens is 2. The monoisotopic (exact) mass is 546 g/mol. The number of thioether (sulfide) groups is 1. The first-order chi connectivity index (χ1) is 17.7. The van der Waals surface area contributed by atoms with Gasteiger partial charge in [0, 0.05) is 36.4 Å². The first kappa shape index (κ1) is 30.5. The number of H-pyrrole nitrogens is 1. The lowest BCUT2D eigenvalue weighted by Gasteiger charge is -2.27. The lowest BCUT2D eigenvalue weighted by molar-refractivity contribution is -0.127. The molecule has 1 N–H and O–H groups in total. The van der Waals surface area contributed by atoms with E-state index in [9.17, 15) is 14.0 Å². The van der Waals surface area contributed by atoms with Gasteiger partial charge in [0.05, 0.1) is 29.8 Å². The van der Waals surface area contributed by atoms with Crippen LogP contribution in [0.15, 0.2) is 58.1 Å². The number of aromatic amines is 1. The van der Waals surface area contributed by atoms with E-state index in [4.69, 9.17) is 11.6 Å². The normalized spacial score (nSPS) is 15.0. The van der Waals surface area contributed by atoms with E-state index in [0.717, 1.165) is 41.1 Å². The van der Waals surface area contributed by atoms with Crippen LogP contribution < -0.4 is 0 Å². The molecule has 0 spiro atoms. The Labute approximate surface area is 228 Å². The number of benzene rings is 1. The predicted octanol–water partition coefficient (Wildman–Crippen LogP) is 6.82. The van der Waals surface area contributed by atoms with E-state index in [1.54, 1.807) is 29.6 Å². The minimum atomic E-state index is -0.105. The highest BCUT2D eigenvalue weighted by Crippen LogP contribution is 2.32. The van der Waals surface area contributed by atoms with E-state index in [1.807, 2.05) is 26.0 Å². The quantitative estimate of drug-likeness (QED) is 0.403. The van der Waals surface area contributed by atoms with E-state index in [0.29, 0.717) is 36.8 Å². The van der Waals surface area contributed by atoms with Gasteiger partial charge in [0.1, 0.15) is 16.8 Å². The molecule has 37 heavy (non-hydrogen) atoms. The number of carbonyl (C=O) groups is 2. The van der Waals surface area contributed by atoms with Crippen molar-refractivity contribution in [2.75, 3.05) is 13.1 Å². The lowest BCUT2D eigenvalue weighted by Crippen LogP contribution is -2.38. The van der Waals surface area contributed by atoms with Gasteiger partial charge in [-0.3, -0.25) is 9.79 Å². The molecule has 0 saturated heterocycles. The maximum atomic E-state index is 13.6. The van der Waals surface area contributed by atoms with Crippen LogP contribution in [-0.4, -0.2) is 44.8 Å². The number of Topliss-reactive ketones (excluding diaryl/α,β-unsaturated/α-hetero) is 1. The third-order valence-electron chi connectivity index (χ3n) is 6.07. The molecule has 1 aromatic heterocycles. The number of carbonyl (C=O) groups excluding carboxylic acids is 2. The maximum absolute atomic E-state index is 13.6. The second-order valence-corrected chi connectivity index (χ2v) is 10.1. The van der Waals surface area contributed by atoms with Gasteiger partial charge in [-0.05, 0) is 43.2 Å². The minimum absolute atomic E-state index is 0.0382. The molecule has 0 aliphatic carbocycles. The number of nitrogens with zero attached hydrogens (tertiary/aromatic N) is 3. The Kier molecular flexibility index (Phi) is 12.8. The second kappa shape index (κ2) is 15.5. The lowest BCUT2D eigenvalue weighted by atomic mass is 9.98. The molecule has 3 heterocycles. The summed E-state index contributed by atoms with van der Waals surface area (Å²) in [6, 6.07) is 5.21. The van der Waals surface area contributed by atoms with Crippen molar-refractivity contribution < 1.29 is 14.0 Å². The Morgan fingerprint density at radius 1 is 1.35 bits per heavy atom. The molecule has 0 radical (unpaired) electrons. The summed E-state index contributed by atoms with van der Waals surface area (Å²) < 4.78 is 13.6. The molecule has 6 nitrogen and oxygen atoms in total. The molecule has 1 aromatic carbocycles. The first-order valence-electron chi connectivity index (χ1n) is 12.5. The van der Waals surface area contributed by atoms with Crippen molar-refractivity contribution in [3.8, 4) is 0 Å². The SMILES string of the molecule is C=CSc1cccc(F)c1C(C)CC.CCC(C)=O.O=C(C1=CCCN=C1Cl)N1CCc2nc[nH]c2C1. The van der Waals surface area contributed by atoms with Crippen molar-refractivity contribution in [3.05, 3.63) is 70.9 Å². The van der Waals surface area contributed by atoms with Crippen molar-refractivity contribution in [2.24, 2.45) is 4.99 Å². The van der Waals surface area contributed by atoms with E-state index in [2.05, 4.69) is 28.5 Å². The minimum Gasteiger partial charge on any atom is -0.347 e. The molecule has 4 rings (SSSR count). The maximum Gasteiger partial charge on any atom is 0.257 e. The molecule has 0 saturated carbocycles. The van der Waals surface area contributed by atoms with Gasteiger partial charge in [-0.25, -0.2) is 9.37 Å². The number of dihydropyridines is 1. The molecule has 1 amide bonds. The van der Waals surface area contributed by atoms with Gasteiger partial charge in [-0.1, -0.05) is 62.9 Å². The molecule has 2 aliphatic rings. The Balaban J connectivity index is 0.000000226. The second-order valence-electron chi connectivity index (χ2n) is 8.68. The van der Waals surface area contributed by atoms with Crippen LogP contribution >= 0.6 is 23.4 Å². The zero-order valence-corrected chi connectivity index (χ0v) is 23.6. The van der Waals surface area contributed by atoms with Gasteiger partial charge in [0.25, 0.3) is 5.91 Å². The average molecular weight is 547 g/mol. The van der Waals surface area contributed by atoms with Crippen LogP contribution in [0, 0.1) is 5.82 Å². The number of ketones is 1. The summed E-state index contributed by atoms with van der Waals surface area (Å²) in [5.74, 6) is 0.374. The molecule has 2 aromatic rings. The third-order valence-corrected chi connectivity index (χ3v) is 7.17. The van der Waals surface area contributed by atoms with Crippen LogP contribution in [0.1, 0.15) is 69.8 Å². The van der Waals surface area contributed by atoms with Crippen LogP contribution in [0.25, 0.3) is 0 Å². The topological polar surface area (TPSA) is 78.4 Å². The van der Waals surface area contributed by atoms with Crippen LogP contribution in [-0.2, 0) is 22.6 Å². The largest absolute Gasteiger partial charge is 0.347 e. The number of hydrogen-bond donors (Lipinski definition) is 1. The van der Waals surface area contributed by atoms with Crippen LogP contribution in [0.5, 0.6) is 0 Å². The Morgan fingerprint density at radius 3 is 2.70 bits per heavy atom. The average Bonchev–Trinajstić information content (AvgIpc) is 3.37. The number of amides is 1. The van der Waals surface area contributed by atoms with Crippen molar-refractivity contribution in [1.82, 2.24) is 14.9 Å². The molecule has 2 aliphatic heterocycles. The van der Waals surface area contributed by atoms with Gasteiger partial charge in [0.15, 0.2) is 0 Å². The fraction of sp³-hybridized carbons (Fsp3) is 0.429. The summed E-state index contributed by atoms with van der Waals surface area (Å²) in [5.41, 5.74) is 3.42. The van der Waals surface area contributed by atoms with Crippen LogP contribution in [0.4, 0.5) is 4.39 Å². The van der Waals surface area contributed by atoms with E-state index < -0.39 is 0 Å². The highest BCUT2D eigenvalue weighted by Gasteiger charge is 2.27.